The van der Waals surface area contributed by atoms with Gasteiger partial charge in [0, 0.05) is 0 Å². The second-order valence-electron chi connectivity index (χ2n) is 7.20. The van der Waals surface area contributed by atoms with Crippen molar-refractivity contribution in [3.05, 3.63) is 30.3 Å². The van der Waals surface area contributed by atoms with E-state index in [-0.39, 0.29) is 15.3 Å². The maximum absolute atomic E-state index is 15.4. The molecule has 0 aliphatic heterocycles. The van der Waals surface area contributed by atoms with E-state index in [1.165, 1.54) is 12.1 Å². The molecule has 1 aromatic rings. The molecule has 4 nitrogen and oxygen atoms in total. The molecule has 6 heteroatoms. The SMILES string of the molecule is CCCCC(O)(CCCC)[C@H]([C@@H](C)CC)N(F)S(=O)(=O)c1ccccc1. The number of hydrogen-bond acceptors (Lipinski definition) is 3. The van der Waals surface area contributed by atoms with Crippen molar-refractivity contribution >= 4 is 10.0 Å². The summed E-state index contributed by atoms with van der Waals surface area (Å²) in [5.41, 5.74) is -1.38. The zero-order valence-corrected chi connectivity index (χ0v) is 17.3. The Morgan fingerprint density at radius 2 is 1.58 bits per heavy atom. The molecule has 0 radical (unpaired) electrons. The molecule has 1 N–H and O–H groups in total. The highest BCUT2D eigenvalue weighted by molar-refractivity contribution is 7.89. The van der Waals surface area contributed by atoms with Crippen molar-refractivity contribution < 1.29 is 18.0 Å². The van der Waals surface area contributed by atoms with Crippen LogP contribution in [0.3, 0.4) is 0 Å². The van der Waals surface area contributed by atoms with Crippen LogP contribution in [0.5, 0.6) is 0 Å². The van der Waals surface area contributed by atoms with Gasteiger partial charge in [0.05, 0.1) is 16.5 Å². The average Bonchev–Trinajstić information content (AvgIpc) is 2.65. The summed E-state index contributed by atoms with van der Waals surface area (Å²) in [5.74, 6) is -0.308. The fraction of sp³-hybridized carbons (Fsp3) is 0.700. The summed E-state index contributed by atoms with van der Waals surface area (Å²) in [4.78, 5) is -0.0934. The van der Waals surface area contributed by atoms with Gasteiger partial charge in [-0.15, -0.1) is 4.48 Å². The summed E-state index contributed by atoms with van der Waals surface area (Å²) in [6.07, 6.45) is 4.54. The molecule has 0 amide bonds. The molecule has 1 aromatic carbocycles. The quantitative estimate of drug-likeness (QED) is 0.508. The molecule has 2 atom stereocenters. The van der Waals surface area contributed by atoms with E-state index < -0.39 is 21.7 Å². The Kier molecular flexibility index (Phi) is 9.21. The molecule has 0 bridgehead atoms. The summed E-state index contributed by atoms with van der Waals surface area (Å²) >= 11 is 0. The first-order chi connectivity index (χ1) is 12.2. The highest BCUT2D eigenvalue weighted by Gasteiger charge is 2.47. The Bertz CT molecular complexity index is 613. The Morgan fingerprint density at radius 1 is 1.08 bits per heavy atom. The summed E-state index contributed by atoms with van der Waals surface area (Å²) in [7, 11) is -4.32. The maximum atomic E-state index is 15.4. The van der Waals surface area contributed by atoms with Crippen molar-refractivity contribution in [1.82, 2.24) is 4.53 Å². The van der Waals surface area contributed by atoms with Gasteiger partial charge in [-0.2, -0.15) is 0 Å². The molecule has 0 saturated carbocycles. The first kappa shape index (κ1) is 23.1. The second-order valence-corrected chi connectivity index (χ2v) is 8.97. The van der Waals surface area contributed by atoms with E-state index in [0.717, 1.165) is 25.7 Å². The van der Waals surface area contributed by atoms with Crippen LogP contribution < -0.4 is 0 Å². The highest BCUT2D eigenvalue weighted by Crippen LogP contribution is 2.37. The van der Waals surface area contributed by atoms with Crippen molar-refractivity contribution in [1.29, 1.82) is 0 Å². The van der Waals surface area contributed by atoms with Crippen molar-refractivity contribution in [3.8, 4) is 0 Å². The van der Waals surface area contributed by atoms with Crippen LogP contribution in [0.25, 0.3) is 0 Å². The van der Waals surface area contributed by atoms with Crippen LogP contribution in [0.2, 0.25) is 0 Å². The lowest BCUT2D eigenvalue weighted by Gasteiger charge is -2.41. The van der Waals surface area contributed by atoms with E-state index in [2.05, 4.69) is 0 Å². The zero-order valence-electron chi connectivity index (χ0n) is 16.5. The third kappa shape index (κ3) is 5.51. The number of benzene rings is 1. The molecule has 150 valence electrons. The standard InChI is InChI=1S/C20H34FNO3S/c1-5-8-15-20(23,16-9-6-2)19(17(4)7-3)22(21)26(24,25)18-13-11-10-12-14-18/h10-14,17,19,23H,5-9,15-16H2,1-4H3/t17-,19-/m0/s1. The molecule has 0 heterocycles. The predicted octanol–water partition coefficient (Wildman–Crippen LogP) is 5.09. The highest BCUT2D eigenvalue weighted by atomic mass is 32.2. The van der Waals surface area contributed by atoms with Gasteiger partial charge in [0.15, 0.2) is 0 Å². The largest absolute Gasteiger partial charge is 0.388 e. The van der Waals surface area contributed by atoms with Gasteiger partial charge in [0.25, 0.3) is 10.0 Å². The number of halogens is 1. The molecule has 0 aliphatic carbocycles. The molecule has 26 heavy (non-hydrogen) atoms. The fourth-order valence-corrected chi connectivity index (χ4v) is 4.78. The normalized spacial score (nSPS) is 15.2. The molecular weight excluding hydrogens is 353 g/mol. The van der Waals surface area contributed by atoms with Gasteiger partial charge in [-0.25, -0.2) is 8.42 Å². The third-order valence-corrected chi connectivity index (χ3v) is 6.70. The maximum Gasteiger partial charge on any atom is 0.269 e. The monoisotopic (exact) mass is 387 g/mol. The Labute approximate surface area is 158 Å². The number of aliphatic hydroxyl groups is 1. The summed E-state index contributed by atoms with van der Waals surface area (Å²) < 4.78 is 41.0. The number of sulfonamides is 1. The van der Waals surface area contributed by atoms with Crippen molar-refractivity contribution in [2.45, 2.75) is 89.2 Å². The van der Waals surface area contributed by atoms with Gasteiger partial charge in [-0.05, 0) is 35.4 Å². The lowest BCUT2D eigenvalue weighted by molar-refractivity contribution is -0.105. The average molecular weight is 388 g/mol. The number of nitrogens with zero attached hydrogens (tertiary/aromatic N) is 1. The second kappa shape index (κ2) is 10.4. The van der Waals surface area contributed by atoms with Gasteiger partial charge in [0.1, 0.15) is 0 Å². The van der Waals surface area contributed by atoms with Gasteiger partial charge in [0.2, 0.25) is 0 Å². The van der Waals surface area contributed by atoms with E-state index in [1.54, 1.807) is 25.1 Å². The fourth-order valence-electron chi connectivity index (χ4n) is 3.37. The first-order valence-corrected chi connectivity index (χ1v) is 11.2. The van der Waals surface area contributed by atoms with E-state index in [1.807, 2.05) is 20.8 Å². The van der Waals surface area contributed by atoms with Gasteiger partial charge in [-0.1, -0.05) is 78.0 Å². The van der Waals surface area contributed by atoms with E-state index in [9.17, 15) is 13.5 Å². The molecular formula is C20H34FNO3S. The van der Waals surface area contributed by atoms with Crippen LogP contribution in [-0.2, 0) is 10.0 Å². The van der Waals surface area contributed by atoms with E-state index in [0.29, 0.717) is 19.3 Å². The smallest absolute Gasteiger partial charge is 0.269 e. The minimum Gasteiger partial charge on any atom is -0.388 e. The van der Waals surface area contributed by atoms with Crippen LogP contribution >= 0.6 is 0 Å². The zero-order chi connectivity index (χ0) is 19.8. The Morgan fingerprint density at radius 3 is 2.00 bits per heavy atom. The van der Waals surface area contributed by atoms with Crippen molar-refractivity contribution in [2.24, 2.45) is 5.92 Å². The summed E-state index contributed by atoms with van der Waals surface area (Å²) in [6.45, 7) is 7.71. The minimum absolute atomic E-state index is 0.0676. The van der Waals surface area contributed by atoms with Crippen molar-refractivity contribution in [3.63, 3.8) is 0 Å². The summed E-state index contributed by atoms with van der Waals surface area (Å²) in [5, 5.41) is 11.4. The number of unbranched alkanes of at least 4 members (excludes halogenated alkanes) is 2. The van der Waals surface area contributed by atoms with E-state index >= 15 is 4.48 Å². The molecule has 0 aromatic heterocycles. The van der Waals surface area contributed by atoms with Crippen LogP contribution in [-0.4, -0.2) is 29.7 Å². The summed E-state index contributed by atoms with van der Waals surface area (Å²) in [6, 6.07) is 6.49. The minimum atomic E-state index is -4.32. The Hall–Kier alpha value is -0.980. The third-order valence-electron chi connectivity index (χ3n) is 5.15. The number of hydrogen-bond donors (Lipinski definition) is 1. The molecule has 0 saturated heterocycles. The lowest BCUT2D eigenvalue weighted by atomic mass is 9.78. The lowest BCUT2D eigenvalue weighted by Crippen LogP contribution is -2.55. The Balaban J connectivity index is 3.32. The molecule has 1 rings (SSSR count). The van der Waals surface area contributed by atoms with Crippen LogP contribution in [0.15, 0.2) is 35.2 Å². The van der Waals surface area contributed by atoms with Gasteiger partial charge in [-0.3, -0.25) is 0 Å². The van der Waals surface area contributed by atoms with Crippen LogP contribution in [0.4, 0.5) is 4.48 Å². The van der Waals surface area contributed by atoms with Crippen LogP contribution in [0.1, 0.15) is 72.6 Å². The van der Waals surface area contributed by atoms with Gasteiger partial charge >= 0.3 is 0 Å². The van der Waals surface area contributed by atoms with Crippen LogP contribution in [0, 0.1) is 5.92 Å². The predicted molar refractivity (Wildman–Crippen MR) is 104 cm³/mol. The van der Waals surface area contributed by atoms with E-state index in [4.69, 9.17) is 0 Å². The van der Waals surface area contributed by atoms with Crippen molar-refractivity contribution in [2.75, 3.05) is 0 Å². The molecule has 0 spiro atoms. The number of rotatable bonds is 12. The van der Waals surface area contributed by atoms with Gasteiger partial charge < -0.3 is 5.11 Å². The molecule has 0 fully saturated rings. The topological polar surface area (TPSA) is 57.6 Å². The molecule has 0 aliphatic rings. The first-order valence-electron chi connectivity index (χ1n) is 9.72. The molecule has 0 unspecified atom stereocenters.